The van der Waals surface area contributed by atoms with Crippen LogP contribution < -0.4 is 5.32 Å². The Morgan fingerprint density at radius 2 is 1.28 bits per heavy atom. The Balaban J connectivity index is 3.47. The Kier molecular flexibility index (Phi) is 17.0. The molecule has 25 heavy (non-hydrogen) atoms. The van der Waals surface area contributed by atoms with Crippen molar-refractivity contribution in [1.29, 1.82) is 0 Å². The second-order valence-electron chi connectivity index (χ2n) is 7.02. The first-order valence-corrected chi connectivity index (χ1v) is 10.5. The van der Waals surface area contributed by atoms with E-state index in [0.717, 1.165) is 19.3 Å². The summed E-state index contributed by atoms with van der Waals surface area (Å²) in [6.07, 6.45) is 19.2. The zero-order valence-electron chi connectivity index (χ0n) is 16.6. The van der Waals surface area contributed by atoms with Crippen molar-refractivity contribution >= 4 is 5.97 Å². The van der Waals surface area contributed by atoms with E-state index in [2.05, 4.69) is 12.2 Å². The number of hydrogen-bond donors (Lipinski definition) is 3. The smallest absolute Gasteiger partial charge is 0.351 e. The lowest BCUT2D eigenvalue weighted by atomic mass is 10.0. The van der Waals surface area contributed by atoms with Crippen molar-refractivity contribution in [3.05, 3.63) is 11.8 Å². The van der Waals surface area contributed by atoms with Gasteiger partial charge in [-0.1, -0.05) is 97.0 Å². The fourth-order valence-electron chi connectivity index (χ4n) is 2.90. The molecule has 0 aliphatic carbocycles. The first-order valence-electron chi connectivity index (χ1n) is 10.5. The molecule has 4 nitrogen and oxygen atoms in total. The summed E-state index contributed by atoms with van der Waals surface area (Å²) in [7, 11) is 0. The molecule has 1 unspecified atom stereocenters. The zero-order chi connectivity index (χ0) is 18.8. The Morgan fingerprint density at radius 1 is 0.840 bits per heavy atom. The number of unbranched alkanes of at least 4 members (excludes halogenated alkanes) is 13. The van der Waals surface area contributed by atoms with E-state index in [-0.39, 0.29) is 5.70 Å². The molecule has 1 atom stereocenters. The van der Waals surface area contributed by atoms with Crippen molar-refractivity contribution in [2.24, 2.45) is 0 Å². The fourth-order valence-corrected chi connectivity index (χ4v) is 2.90. The average Bonchev–Trinajstić information content (AvgIpc) is 2.60. The second kappa shape index (κ2) is 17.8. The molecule has 0 heterocycles. The summed E-state index contributed by atoms with van der Waals surface area (Å²) in [5, 5.41) is 21.2. The van der Waals surface area contributed by atoms with Crippen LogP contribution >= 0.6 is 0 Å². The SMILES string of the molecule is CCCCCCCCCCCCCCC/C=C(\NC(O)CC)C(=O)O. The van der Waals surface area contributed by atoms with E-state index in [9.17, 15) is 9.90 Å². The summed E-state index contributed by atoms with van der Waals surface area (Å²) in [6.45, 7) is 4.07. The van der Waals surface area contributed by atoms with Crippen LogP contribution in [0.5, 0.6) is 0 Å². The van der Waals surface area contributed by atoms with Gasteiger partial charge in [0.25, 0.3) is 0 Å². The molecule has 0 rings (SSSR count). The summed E-state index contributed by atoms with van der Waals surface area (Å²) < 4.78 is 0. The third kappa shape index (κ3) is 16.2. The Hall–Kier alpha value is -1.03. The molecule has 3 N–H and O–H groups in total. The maximum Gasteiger partial charge on any atom is 0.351 e. The molecule has 0 bridgehead atoms. The van der Waals surface area contributed by atoms with E-state index in [4.69, 9.17) is 5.11 Å². The van der Waals surface area contributed by atoms with Crippen LogP contribution in [0, 0.1) is 0 Å². The lowest BCUT2D eigenvalue weighted by Crippen LogP contribution is -2.30. The minimum atomic E-state index is -0.998. The number of carbonyl (C=O) groups is 1. The van der Waals surface area contributed by atoms with E-state index < -0.39 is 12.2 Å². The Bertz CT molecular complexity index is 342. The number of hydrogen-bond acceptors (Lipinski definition) is 3. The zero-order valence-corrected chi connectivity index (χ0v) is 16.6. The summed E-state index contributed by atoms with van der Waals surface area (Å²) in [5.74, 6) is -0.998. The van der Waals surface area contributed by atoms with Crippen LogP contribution in [-0.2, 0) is 4.79 Å². The summed E-state index contributed by atoms with van der Waals surface area (Å²) in [5.41, 5.74) is 0.119. The summed E-state index contributed by atoms with van der Waals surface area (Å²) in [4.78, 5) is 11.1. The summed E-state index contributed by atoms with van der Waals surface area (Å²) in [6, 6.07) is 0. The molecule has 0 spiro atoms. The van der Waals surface area contributed by atoms with Gasteiger partial charge < -0.3 is 15.5 Å². The van der Waals surface area contributed by atoms with Crippen molar-refractivity contribution < 1.29 is 15.0 Å². The maximum absolute atomic E-state index is 11.1. The molecule has 0 fully saturated rings. The van der Waals surface area contributed by atoms with E-state index in [0.29, 0.717) is 6.42 Å². The van der Waals surface area contributed by atoms with Gasteiger partial charge in [-0.25, -0.2) is 4.79 Å². The lowest BCUT2D eigenvalue weighted by Gasteiger charge is -2.12. The van der Waals surface area contributed by atoms with Crippen molar-refractivity contribution in [3.8, 4) is 0 Å². The number of aliphatic hydroxyl groups is 1. The van der Waals surface area contributed by atoms with Gasteiger partial charge in [0.15, 0.2) is 0 Å². The topological polar surface area (TPSA) is 69.6 Å². The molecule has 0 saturated carbocycles. The van der Waals surface area contributed by atoms with Crippen LogP contribution in [0.25, 0.3) is 0 Å². The second-order valence-corrected chi connectivity index (χ2v) is 7.02. The van der Waals surface area contributed by atoms with Gasteiger partial charge in [-0.15, -0.1) is 0 Å². The first-order chi connectivity index (χ1) is 12.1. The number of rotatable bonds is 18. The van der Waals surface area contributed by atoms with Crippen LogP contribution in [0.3, 0.4) is 0 Å². The number of allylic oxidation sites excluding steroid dienone is 1. The van der Waals surface area contributed by atoms with E-state index in [1.165, 1.54) is 70.6 Å². The van der Waals surface area contributed by atoms with Crippen LogP contribution in [0.2, 0.25) is 0 Å². The number of aliphatic hydroxyl groups excluding tert-OH is 1. The van der Waals surface area contributed by atoms with Gasteiger partial charge in [0, 0.05) is 0 Å². The van der Waals surface area contributed by atoms with Crippen LogP contribution in [0.15, 0.2) is 11.8 Å². The van der Waals surface area contributed by atoms with Crippen LogP contribution in [-0.4, -0.2) is 22.4 Å². The van der Waals surface area contributed by atoms with Crippen LogP contribution in [0.4, 0.5) is 0 Å². The predicted molar refractivity (Wildman–Crippen MR) is 105 cm³/mol. The molecule has 0 saturated heterocycles. The highest BCUT2D eigenvalue weighted by Gasteiger charge is 2.09. The van der Waals surface area contributed by atoms with Crippen molar-refractivity contribution in [2.75, 3.05) is 0 Å². The van der Waals surface area contributed by atoms with Gasteiger partial charge in [-0.2, -0.15) is 0 Å². The van der Waals surface area contributed by atoms with Gasteiger partial charge in [-0.3, -0.25) is 0 Å². The highest BCUT2D eigenvalue weighted by Crippen LogP contribution is 2.13. The normalized spacial score (nSPS) is 13.0. The number of aliphatic carboxylic acids is 1. The minimum Gasteiger partial charge on any atom is -0.477 e. The highest BCUT2D eigenvalue weighted by molar-refractivity contribution is 5.85. The first kappa shape index (κ1) is 24.0. The standard InChI is InChI=1S/C21H41NO3/c1-3-5-6-7-8-9-10-11-12-13-14-15-16-17-18-19(21(24)25)22-20(23)4-2/h18,20,22-23H,3-17H2,1-2H3,(H,24,25)/b19-18-. The Labute approximate surface area is 155 Å². The van der Waals surface area contributed by atoms with E-state index in [1.807, 2.05) is 6.92 Å². The minimum absolute atomic E-state index is 0.119. The van der Waals surface area contributed by atoms with Crippen molar-refractivity contribution in [1.82, 2.24) is 5.32 Å². The number of carboxylic acids is 1. The van der Waals surface area contributed by atoms with Gasteiger partial charge >= 0.3 is 5.97 Å². The van der Waals surface area contributed by atoms with E-state index >= 15 is 0 Å². The molecule has 0 aliphatic heterocycles. The molecule has 0 radical (unpaired) electrons. The number of nitrogens with one attached hydrogen (secondary N) is 1. The largest absolute Gasteiger partial charge is 0.477 e. The van der Waals surface area contributed by atoms with Gasteiger partial charge in [0.1, 0.15) is 11.9 Å². The molecule has 4 heteroatoms. The average molecular weight is 356 g/mol. The van der Waals surface area contributed by atoms with Gasteiger partial charge in [0.2, 0.25) is 0 Å². The molecule has 0 aliphatic rings. The van der Waals surface area contributed by atoms with Crippen molar-refractivity contribution in [2.45, 2.75) is 116 Å². The van der Waals surface area contributed by atoms with Gasteiger partial charge in [0.05, 0.1) is 0 Å². The third-order valence-electron chi connectivity index (χ3n) is 4.60. The van der Waals surface area contributed by atoms with Crippen molar-refractivity contribution in [3.63, 3.8) is 0 Å². The fraction of sp³-hybridized carbons (Fsp3) is 0.857. The monoisotopic (exact) mass is 355 g/mol. The quantitative estimate of drug-likeness (QED) is 0.166. The van der Waals surface area contributed by atoms with E-state index in [1.54, 1.807) is 6.08 Å². The lowest BCUT2D eigenvalue weighted by molar-refractivity contribution is -0.133. The highest BCUT2D eigenvalue weighted by atomic mass is 16.4. The molecular formula is C21H41NO3. The predicted octanol–water partition coefficient (Wildman–Crippen LogP) is 5.75. The van der Waals surface area contributed by atoms with Gasteiger partial charge in [-0.05, 0) is 19.3 Å². The molecule has 148 valence electrons. The number of carboxylic acid groups (broad SMARTS) is 1. The molecule has 0 amide bonds. The third-order valence-corrected chi connectivity index (χ3v) is 4.60. The Morgan fingerprint density at radius 3 is 1.68 bits per heavy atom. The van der Waals surface area contributed by atoms with Crippen LogP contribution in [0.1, 0.15) is 110 Å². The molecule has 0 aromatic heterocycles. The molecule has 0 aromatic rings. The molecular weight excluding hydrogens is 314 g/mol. The maximum atomic E-state index is 11.1. The summed E-state index contributed by atoms with van der Waals surface area (Å²) >= 11 is 0. The molecule has 0 aromatic carbocycles.